The first kappa shape index (κ1) is 19.8. The van der Waals surface area contributed by atoms with E-state index in [9.17, 15) is 14.9 Å². The van der Waals surface area contributed by atoms with Crippen molar-refractivity contribution in [2.75, 3.05) is 11.9 Å². The minimum absolute atomic E-state index is 0.0259. The zero-order valence-corrected chi connectivity index (χ0v) is 16.3. The number of carbonyl (C=O) groups excluding carboxylic acids is 1. The maximum absolute atomic E-state index is 12.7. The zero-order chi connectivity index (χ0) is 21.1. The third-order valence-electron chi connectivity index (χ3n) is 4.73. The maximum atomic E-state index is 12.7. The van der Waals surface area contributed by atoms with Crippen LogP contribution in [0.4, 0.5) is 11.4 Å². The molecule has 0 aliphatic heterocycles. The van der Waals surface area contributed by atoms with E-state index in [0.717, 1.165) is 5.56 Å². The van der Waals surface area contributed by atoms with E-state index in [1.54, 1.807) is 74.1 Å². The molecule has 3 rings (SSSR count). The molecule has 29 heavy (non-hydrogen) atoms. The fraction of sp³-hybridized carbons (Fsp3) is 0.190. The van der Waals surface area contributed by atoms with Gasteiger partial charge in [-0.25, -0.2) is 0 Å². The van der Waals surface area contributed by atoms with Crippen LogP contribution in [0.1, 0.15) is 32.9 Å². The van der Waals surface area contributed by atoms with Crippen molar-refractivity contribution in [1.82, 2.24) is 9.78 Å². The van der Waals surface area contributed by atoms with Gasteiger partial charge in [-0.3, -0.25) is 19.6 Å². The minimum atomic E-state index is -0.424. The molecular formula is C21H19N5O3. The van der Waals surface area contributed by atoms with E-state index in [-0.39, 0.29) is 11.6 Å². The van der Waals surface area contributed by atoms with Crippen LogP contribution in [0.5, 0.6) is 0 Å². The van der Waals surface area contributed by atoms with E-state index >= 15 is 0 Å². The molecule has 1 aromatic heterocycles. The lowest BCUT2D eigenvalue weighted by Gasteiger charge is -2.17. The van der Waals surface area contributed by atoms with Gasteiger partial charge in [0.15, 0.2) is 0 Å². The number of benzene rings is 2. The summed E-state index contributed by atoms with van der Waals surface area (Å²) < 4.78 is 1.59. The number of hydrogen-bond acceptors (Lipinski definition) is 5. The SMILES string of the molecule is Cc1nn(Cc2ccc(C(=O)N(C)c3cccc(C#N)c3)cc2)c(C)c1[N+](=O)[O-]. The normalized spacial score (nSPS) is 10.4. The number of nitriles is 1. The molecule has 0 saturated carbocycles. The molecule has 2 aromatic carbocycles. The zero-order valence-electron chi connectivity index (χ0n) is 16.3. The molecule has 0 aliphatic rings. The predicted molar refractivity (Wildman–Crippen MR) is 108 cm³/mol. The van der Waals surface area contributed by atoms with Crippen molar-refractivity contribution in [2.24, 2.45) is 0 Å². The van der Waals surface area contributed by atoms with Crippen LogP contribution in [-0.4, -0.2) is 27.7 Å². The van der Waals surface area contributed by atoms with E-state index in [1.165, 1.54) is 4.90 Å². The second-order valence-electron chi connectivity index (χ2n) is 6.66. The monoisotopic (exact) mass is 389 g/mol. The molecule has 0 spiro atoms. The van der Waals surface area contributed by atoms with Crippen LogP contribution in [0.15, 0.2) is 48.5 Å². The van der Waals surface area contributed by atoms with E-state index < -0.39 is 4.92 Å². The van der Waals surface area contributed by atoms with Gasteiger partial charge in [-0.05, 0) is 49.7 Å². The Morgan fingerprint density at radius 1 is 1.24 bits per heavy atom. The van der Waals surface area contributed by atoms with Gasteiger partial charge in [0.05, 0.1) is 23.1 Å². The van der Waals surface area contributed by atoms with E-state index in [2.05, 4.69) is 11.2 Å². The summed E-state index contributed by atoms with van der Waals surface area (Å²) in [6.45, 7) is 3.65. The Labute approximate surface area is 167 Å². The summed E-state index contributed by atoms with van der Waals surface area (Å²) in [7, 11) is 1.65. The number of nitrogens with zero attached hydrogens (tertiary/aromatic N) is 5. The highest BCUT2D eigenvalue weighted by Gasteiger charge is 2.21. The molecular weight excluding hydrogens is 370 g/mol. The summed E-state index contributed by atoms with van der Waals surface area (Å²) in [5.41, 5.74) is 3.38. The third kappa shape index (κ3) is 3.99. The third-order valence-corrected chi connectivity index (χ3v) is 4.73. The summed E-state index contributed by atoms with van der Waals surface area (Å²) in [5, 5.41) is 24.4. The van der Waals surface area contributed by atoms with Crippen molar-refractivity contribution < 1.29 is 9.72 Å². The molecule has 0 bridgehead atoms. The van der Waals surface area contributed by atoms with E-state index in [1.807, 2.05) is 0 Å². The summed E-state index contributed by atoms with van der Waals surface area (Å²) in [5.74, 6) is -0.201. The van der Waals surface area contributed by atoms with Gasteiger partial charge in [0.2, 0.25) is 0 Å². The molecule has 0 atom stereocenters. The van der Waals surface area contributed by atoms with Crippen LogP contribution in [0.2, 0.25) is 0 Å². The van der Waals surface area contributed by atoms with Gasteiger partial charge in [0.1, 0.15) is 11.4 Å². The first-order chi connectivity index (χ1) is 13.8. The first-order valence-electron chi connectivity index (χ1n) is 8.87. The standard InChI is InChI=1S/C21H19N5O3/c1-14-20(26(28)29)15(2)25(23-14)13-16-7-9-18(10-8-16)21(27)24(3)19-6-4-5-17(11-19)12-22/h4-11H,13H2,1-3H3. The lowest BCUT2D eigenvalue weighted by molar-refractivity contribution is -0.386. The lowest BCUT2D eigenvalue weighted by atomic mass is 10.1. The fourth-order valence-electron chi connectivity index (χ4n) is 3.13. The van der Waals surface area contributed by atoms with Crippen molar-refractivity contribution in [3.63, 3.8) is 0 Å². The molecule has 0 aliphatic carbocycles. The average Bonchev–Trinajstić information content (AvgIpc) is 3.00. The van der Waals surface area contributed by atoms with Gasteiger partial charge in [-0.15, -0.1) is 0 Å². The van der Waals surface area contributed by atoms with Crippen molar-refractivity contribution in [3.05, 3.63) is 86.7 Å². The number of aromatic nitrogens is 2. The van der Waals surface area contributed by atoms with Gasteiger partial charge >= 0.3 is 5.69 Å². The average molecular weight is 389 g/mol. The molecule has 8 heteroatoms. The van der Waals surface area contributed by atoms with Crippen LogP contribution in [0.25, 0.3) is 0 Å². The molecule has 0 N–H and O–H groups in total. The minimum Gasteiger partial charge on any atom is -0.311 e. The van der Waals surface area contributed by atoms with Crippen molar-refractivity contribution in [1.29, 1.82) is 5.26 Å². The highest BCUT2D eigenvalue weighted by atomic mass is 16.6. The van der Waals surface area contributed by atoms with Crippen LogP contribution in [-0.2, 0) is 6.54 Å². The molecule has 0 radical (unpaired) electrons. The number of carbonyl (C=O) groups is 1. The Hall–Kier alpha value is -3.99. The van der Waals surface area contributed by atoms with Crippen LogP contribution in [0.3, 0.4) is 0 Å². The van der Waals surface area contributed by atoms with Gasteiger partial charge in [-0.2, -0.15) is 10.4 Å². The Kier molecular flexibility index (Phi) is 5.41. The number of amides is 1. The largest absolute Gasteiger partial charge is 0.312 e. The maximum Gasteiger partial charge on any atom is 0.312 e. The second kappa shape index (κ2) is 7.94. The lowest BCUT2D eigenvalue weighted by Crippen LogP contribution is -2.26. The predicted octanol–water partition coefficient (Wildman–Crippen LogP) is 3.60. The Balaban J connectivity index is 1.78. The summed E-state index contributed by atoms with van der Waals surface area (Å²) >= 11 is 0. The Morgan fingerprint density at radius 3 is 2.52 bits per heavy atom. The van der Waals surface area contributed by atoms with Crippen LogP contribution >= 0.6 is 0 Å². The number of nitro groups is 1. The molecule has 8 nitrogen and oxygen atoms in total. The molecule has 1 amide bonds. The van der Waals surface area contributed by atoms with E-state index in [4.69, 9.17) is 5.26 Å². The second-order valence-corrected chi connectivity index (χ2v) is 6.66. The van der Waals surface area contributed by atoms with Crippen LogP contribution in [0, 0.1) is 35.3 Å². The smallest absolute Gasteiger partial charge is 0.311 e. The van der Waals surface area contributed by atoms with Crippen molar-refractivity contribution >= 4 is 17.3 Å². The summed E-state index contributed by atoms with van der Waals surface area (Å²) in [4.78, 5) is 24.9. The highest BCUT2D eigenvalue weighted by Crippen LogP contribution is 2.23. The molecule has 1 heterocycles. The molecule has 0 fully saturated rings. The van der Waals surface area contributed by atoms with Crippen molar-refractivity contribution in [2.45, 2.75) is 20.4 Å². The number of anilines is 1. The topological polar surface area (TPSA) is 105 Å². The molecule has 3 aromatic rings. The van der Waals surface area contributed by atoms with Gasteiger partial charge in [0, 0.05) is 18.3 Å². The van der Waals surface area contributed by atoms with Crippen molar-refractivity contribution in [3.8, 4) is 6.07 Å². The molecule has 0 saturated heterocycles. The molecule has 146 valence electrons. The number of hydrogen-bond donors (Lipinski definition) is 0. The Morgan fingerprint density at radius 2 is 1.93 bits per heavy atom. The molecule has 0 unspecified atom stereocenters. The van der Waals surface area contributed by atoms with Crippen LogP contribution < -0.4 is 4.90 Å². The number of rotatable bonds is 5. The van der Waals surface area contributed by atoms with Gasteiger partial charge in [-0.1, -0.05) is 18.2 Å². The van der Waals surface area contributed by atoms with Gasteiger partial charge in [0.25, 0.3) is 5.91 Å². The quantitative estimate of drug-likeness (QED) is 0.490. The fourth-order valence-corrected chi connectivity index (χ4v) is 3.13. The summed E-state index contributed by atoms with van der Waals surface area (Å²) in [6, 6.07) is 15.9. The van der Waals surface area contributed by atoms with Gasteiger partial charge < -0.3 is 4.90 Å². The summed E-state index contributed by atoms with van der Waals surface area (Å²) in [6.07, 6.45) is 0. The highest BCUT2D eigenvalue weighted by molar-refractivity contribution is 6.05. The number of aryl methyl sites for hydroxylation is 1. The first-order valence-corrected chi connectivity index (χ1v) is 8.87. The van der Waals surface area contributed by atoms with E-state index in [0.29, 0.717) is 34.7 Å². The Bertz CT molecular complexity index is 1130.